The molecule has 0 heterocycles. The van der Waals surface area contributed by atoms with Gasteiger partial charge in [-0.2, -0.15) is 0 Å². The van der Waals surface area contributed by atoms with Crippen LogP contribution in [-0.4, -0.2) is 108 Å². The minimum Gasteiger partial charge on any atom is -0.481 e. The van der Waals surface area contributed by atoms with Crippen molar-refractivity contribution in [3.8, 4) is 0 Å². The smallest absolute Gasteiger partial charge is 0.305 e. The van der Waals surface area contributed by atoms with E-state index in [0.717, 1.165) is 0 Å². The van der Waals surface area contributed by atoms with Crippen molar-refractivity contribution >= 4 is 24.6 Å². The Balaban J connectivity index is 5.02. The summed E-state index contributed by atoms with van der Waals surface area (Å²) in [6, 6.07) is 0. The summed E-state index contributed by atoms with van der Waals surface area (Å²) >= 11 is 0. The number of rotatable bonds is 18. The monoisotopic (exact) mass is 394 g/mol. The summed E-state index contributed by atoms with van der Waals surface area (Å²) in [5.74, 6) is -3.09. The normalized spacial score (nSPS) is 11.3. The molecule has 0 amide bonds. The fraction of sp³-hybridized carbons (Fsp3) is 0.750. The first-order valence-corrected chi connectivity index (χ1v) is 8.31. The maximum atomic E-state index is 10.6. The molecule has 0 fully saturated rings. The fourth-order valence-corrected chi connectivity index (χ4v) is 2.02. The van der Waals surface area contributed by atoms with E-state index < -0.39 is 23.4 Å². The third kappa shape index (κ3) is 12.0. The lowest BCUT2D eigenvalue weighted by molar-refractivity contribution is -0.614. The number of carboxylic acid groups (broad SMARTS) is 3. The van der Waals surface area contributed by atoms with Gasteiger partial charge in [-0.3, -0.25) is 14.4 Å². The van der Waals surface area contributed by atoms with Crippen molar-refractivity contribution in [2.24, 2.45) is 0 Å². The van der Waals surface area contributed by atoms with E-state index in [9.17, 15) is 19.5 Å². The van der Waals surface area contributed by atoms with E-state index in [1.54, 1.807) is 0 Å². The fourth-order valence-electron chi connectivity index (χ4n) is 2.02. The van der Waals surface area contributed by atoms with Crippen LogP contribution in [0.25, 0.3) is 0 Å². The number of hydrogen-bond donors (Lipinski definition) is 4. The van der Waals surface area contributed by atoms with Crippen LogP contribution in [0.2, 0.25) is 0 Å². The molecular weight excluding hydrogens is 366 g/mol. The summed E-state index contributed by atoms with van der Waals surface area (Å²) < 4.78 is 17.6. The van der Waals surface area contributed by atoms with Gasteiger partial charge < -0.3 is 34.6 Å². The van der Waals surface area contributed by atoms with Gasteiger partial charge in [-0.05, 0) is 0 Å². The number of carbonyl (C=O) groups is 3. The summed E-state index contributed by atoms with van der Waals surface area (Å²) in [6.45, 7) is 3.29. The first-order valence-electron chi connectivity index (χ1n) is 8.31. The molecule has 0 aliphatic heterocycles. The molecule has 0 aromatic heterocycles. The summed E-state index contributed by atoms with van der Waals surface area (Å²) in [5.41, 5.74) is -1.06. The molecule has 0 saturated heterocycles. The highest BCUT2D eigenvalue weighted by molar-refractivity contribution is 5.67. The number of hydrogen-bond acceptors (Lipinski definition) is 7. The number of nitrogens with zero attached hydrogens (tertiary/aromatic N) is 1. The molecule has 0 aliphatic rings. The van der Waals surface area contributed by atoms with Crippen LogP contribution in [0.5, 0.6) is 0 Å². The van der Waals surface area contributed by atoms with Crippen LogP contribution in [-0.2, 0) is 28.6 Å². The van der Waals surface area contributed by atoms with Crippen molar-refractivity contribution in [3.63, 3.8) is 0 Å². The van der Waals surface area contributed by atoms with Crippen molar-refractivity contribution in [2.45, 2.75) is 24.8 Å². The van der Waals surface area contributed by atoms with Crippen LogP contribution in [0.15, 0.2) is 0 Å². The molecule has 0 saturated carbocycles. The average molecular weight is 394 g/mol. The zero-order valence-corrected chi connectivity index (χ0v) is 15.2. The van der Waals surface area contributed by atoms with Gasteiger partial charge in [-0.15, -0.1) is 0 Å². The quantitative estimate of drug-likeness (QED) is 0.127. The molecule has 0 unspecified atom stereocenters. The minimum absolute atomic E-state index is 0.0656. The van der Waals surface area contributed by atoms with Crippen LogP contribution in [0, 0.1) is 0 Å². The number of aliphatic hydroxyl groups excluding tert-OH is 1. The third-order valence-electron chi connectivity index (χ3n) is 3.53. The summed E-state index contributed by atoms with van der Waals surface area (Å²) in [5, 5.41) is 35.3. The molecule has 0 aromatic carbocycles. The topological polar surface area (TPSA) is 163 Å². The van der Waals surface area contributed by atoms with Gasteiger partial charge in [-0.1, -0.05) is 0 Å². The maximum Gasteiger partial charge on any atom is 0.305 e. The first kappa shape index (κ1) is 24.9. The molecule has 156 valence electrons. The SMILES string of the molecule is C=[N+](CCO)C(COCCC(=O)O)(COCCC(=O)O)COCCC(=O)O. The third-order valence-corrected chi connectivity index (χ3v) is 3.53. The highest BCUT2D eigenvalue weighted by Gasteiger charge is 2.42. The highest BCUT2D eigenvalue weighted by atomic mass is 16.5. The van der Waals surface area contributed by atoms with E-state index in [0.29, 0.717) is 0 Å². The van der Waals surface area contributed by atoms with Gasteiger partial charge in [0.1, 0.15) is 33.1 Å². The second-order valence-corrected chi connectivity index (χ2v) is 5.80. The minimum atomic E-state index is -1.06. The molecule has 0 aromatic rings. The van der Waals surface area contributed by atoms with Crippen molar-refractivity contribution in [2.75, 3.05) is 52.8 Å². The van der Waals surface area contributed by atoms with Gasteiger partial charge in [-0.25, -0.2) is 4.58 Å². The Morgan fingerprint density at radius 3 is 1.37 bits per heavy atom. The van der Waals surface area contributed by atoms with E-state index in [4.69, 9.17) is 29.5 Å². The van der Waals surface area contributed by atoms with Gasteiger partial charge in [0.2, 0.25) is 5.54 Å². The Hall–Kier alpha value is -2.08. The summed E-state index contributed by atoms with van der Waals surface area (Å²) in [7, 11) is 0. The van der Waals surface area contributed by atoms with E-state index in [1.807, 2.05) is 0 Å². The number of carboxylic acids is 3. The second-order valence-electron chi connectivity index (χ2n) is 5.80. The standard InChI is InChI=1S/C16H27NO10/c1-17(5-6-18)16(10-25-7-2-13(19)20,11-26-8-3-14(21)22)12-27-9-4-15(23)24/h18H,1-12H2,(H2-,19,20,21,22,23,24)/p+1. The molecule has 0 spiro atoms. The van der Waals surface area contributed by atoms with Crippen molar-refractivity contribution < 1.29 is 53.6 Å². The lowest BCUT2D eigenvalue weighted by Gasteiger charge is -2.30. The molecule has 11 nitrogen and oxygen atoms in total. The van der Waals surface area contributed by atoms with E-state index in [2.05, 4.69) is 6.72 Å². The van der Waals surface area contributed by atoms with Gasteiger partial charge >= 0.3 is 17.9 Å². The Kier molecular flexibility index (Phi) is 13.0. The predicted octanol–water partition coefficient (Wildman–Crippen LogP) is -1.10. The lowest BCUT2D eigenvalue weighted by Crippen LogP contribution is -2.54. The number of aliphatic hydroxyl groups is 1. The second kappa shape index (κ2) is 14.0. The largest absolute Gasteiger partial charge is 0.481 e. The highest BCUT2D eigenvalue weighted by Crippen LogP contribution is 2.14. The number of aliphatic carboxylic acids is 3. The molecule has 0 atom stereocenters. The Morgan fingerprint density at radius 2 is 1.11 bits per heavy atom. The van der Waals surface area contributed by atoms with Crippen LogP contribution in [0.3, 0.4) is 0 Å². The Morgan fingerprint density at radius 1 is 0.778 bits per heavy atom. The number of β-amino-alcohol motifs (C(OH)–C–C–N with tert-alkyl or cyclic N) is 1. The average Bonchev–Trinajstić information content (AvgIpc) is 2.58. The van der Waals surface area contributed by atoms with Crippen LogP contribution < -0.4 is 0 Å². The van der Waals surface area contributed by atoms with Crippen LogP contribution >= 0.6 is 0 Å². The molecule has 27 heavy (non-hydrogen) atoms. The molecule has 0 bridgehead atoms. The van der Waals surface area contributed by atoms with E-state index in [-0.39, 0.29) is 72.1 Å². The zero-order valence-electron chi connectivity index (χ0n) is 15.2. The van der Waals surface area contributed by atoms with Gasteiger partial charge in [0, 0.05) is 0 Å². The number of ether oxygens (including phenoxy) is 3. The van der Waals surface area contributed by atoms with E-state index in [1.165, 1.54) is 4.58 Å². The first-order chi connectivity index (χ1) is 12.7. The maximum absolute atomic E-state index is 10.6. The molecule has 11 heteroatoms. The molecular formula is C16H28NO10+. The molecule has 0 rings (SSSR count). The van der Waals surface area contributed by atoms with Crippen molar-refractivity contribution in [1.82, 2.24) is 0 Å². The van der Waals surface area contributed by atoms with Gasteiger partial charge in [0.05, 0.1) is 39.1 Å². The molecule has 4 N–H and O–H groups in total. The van der Waals surface area contributed by atoms with Crippen molar-refractivity contribution in [1.29, 1.82) is 0 Å². The predicted molar refractivity (Wildman–Crippen MR) is 91.3 cm³/mol. The van der Waals surface area contributed by atoms with Gasteiger partial charge in [0.15, 0.2) is 6.54 Å². The lowest BCUT2D eigenvalue weighted by atomic mass is 10.0. The molecule has 0 aliphatic carbocycles. The summed E-state index contributed by atoms with van der Waals surface area (Å²) in [6.07, 6.45) is -0.646. The Labute approximate surface area is 156 Å². The van der Waals surface area contributed by atoms with Gasteiger partial charge in [0.25, 0.3) is 0 Å². The Bertz CT molecular complexity index is 439. The van der Waals surface area contributed by atoms with Crippen molar-refractivity contribution in [3.05, 3.63) is 0 Å². The van der Waals surface area contributed by atoms with E-state index >= 15 is 0 Å². The zero-order chi connectivity index (χ0) is 20.7. The molecule has 0 radical (unpaired) electrons. The van der Waals surface area contributed by atoms with Crippen LogP contribution in [0.1, 0.15) is 19.3 Å². The summed E-state index contributed by atoms with van der Waals surface area (Å²) in [4.78, 5) is 31.8. The van der Waals surface area contributed by atoms with Crippen LogP contribution in [0.4, 0.5) is 0 Å².